The summed E-state index contributed by atoms with van der Waals surface area (Å²) in [4.78, 5) is 12.7. The maximum absolute atomic E-state index is 12.7. The molecule has 0 aliphatic heterocycles. The Hall–Kier alpha value is -4.83. The van der Waals surface area contributed by atoms with Crippen molar-refractivity contribution in [1.82, 2.24) is 4.57 Å². The van der Waals surface area contributed by atoms with E-state index < -0.39 is 0 Å². The minimum atomic E-state index is -0.318. The molecule has 0 aliphatic rings. The smallest absolute Gasteiger partial charge is 0.344 e. The number of rotatable bonds is 1. The number of hydrogen-bond donors (Lipinski definition) is 0. The van der Waals surface area contributed by atoms with Crippen molar-refractivity contribution in [3.63, 3.8) is 0 Å². The highest BCUT2D eigenvalue weighted by atomic mass is 16.4. The molecule has 0 spiro atoms. The van der Waals surface area contributed by atoms with Gasteiger partial charge in [0.15, 0.2) is 0 Å². The first-order chi connectivity index (χ1) is 17.3. The molecule has 0 radical (unpaired) electrons. The predicted octanol–water partition coefficient (Wildman–Crippen LogP) is 7.94. The quantitative estimate of drug-likeness (QED) is 0.188. The molecule has 0 fully saturated rings. The van der Waals surface area contributed by atoms with Crippen LogP contribution in [-0.4, -0.2) is 4.57 Å². The summed E-state index contributed by atoms with van der Waals surface area (Å²) in [6, 6.07) is 34.6. The third-order valence-electron chi connectivity index (χ3n) is 7.03. The van der Waals surface area contributed by atoms with E-state index in [0.29, 0.717) is 11.0 Å². The Balaban J connectivity index is 1.53. The van der Waals surface area contributed by atoms with Crippen LogP contribution >= 0.6 is 0 Å². The van der Waals surface area contributed by atoms with Crippen molar-refractivity contribution < 1.29 is 8.83 Å². The van der Waals surface area contributed by atoms with E-state index in [0.717, 1.165) is 60.2 Å². The lowest BCUT2D eigenvalue weighted by atomic mass is 10.0. The fourth-order valence-electron chi connectivity index (χ4n) is 5.47. The Morgan fingerprint density at radius 1 is 0.457 bits per heavy atom. The molecule has 0 amide bonds. The molecule has 4 heteroatoms. The van der Waals surface area contributed by atoms with Gasteiger partial charge >= 0.3 is 5.63 Å². The fourth-order valence-corrected chi connectivity index (χ4v) is 5.47. The first kappa shape index (κ1) is 18.6. The lowest BCUT2D eigenvalue weighted by Gasteiger charge is -2.09. The van der Waals surface area contributed by atoms with Gasteiger partial charge in [0.2, 0.25) is 0 Å². The molecule has 0 unspecified atom stereocenters. The average molecular weight is 451 g/mol. The van der Waals surface area contributed by atoms with Gasteiger partial charge in [-0.2, -0.15) is 0 Å². The van der Waals surface area contributed by atoms with Crippen molar-refractivity contribution in [3.05, 3.63) is 114 Å². The van der Waals surface area contributed by atoms with Crippen LogP contribution in [0.15, 0.2) is 117 Å². The van der Waals surface area contributed by atoms with Crippen LogP contribution in [0.3, 0.4) is 0 Å². The van der Waals surface area contributed by atoms with Crippen LogP contribution in [0.25, 0.3) is 71.2 Å². The highest BCUT2D eigenvalue weighted by Gasteiger charge is 2.17. The van der Waals surface area contributed by atoms with Crippen LogP contribution in [0.5, 0.6) is 0 Å². The second-order valence-corrected chi connectivity index (χ2v) is 8.93. The zero-order valence-electron chi connectivity index (χ0n) is 18.5. The van der Waals surface area contributed by atoms with Crippen molar-refractivity contribution in [1.29, 1.82) is 0 Å². The van der Waals surface area contributed by atoms with Crippen LogP contribution in [0, 0.1) is 0 Å². The standard InChI is InChI=1S/C31H17NO3/c33-31-22-10-2-1-7-19(22)25-16-23-20-8-3-5-11-26(20)32(27(23)17-30(25)35-31)18-13-14-29-24(15-18)21-9-4-6-12-28(21)34-29/h1-17H. The SMILES string of the molecule is O=c1oc2cc3c(cc2c2ccccc12)c1ccccc1n3-c1ccc2oc3ccccc3c2c1. The summed E-state index contributed by atoms with van der Waals surface area (Å²) in [5.74, 6) is 0. The molecule has 8 aromatic rings. The van der Waals surface area contributed by atoms with E-state index in [1.165, 1.54) is 0 Å². The molecule has 0 atom stereocenters. The zero-order valence-corrected chi connectivity index (χ0v) is 18.5. The Morgan fingerprint density at radius 3 is 2.03 bits per heavy atom. The van der Waals surface area contributed by atoms with E-state index >= 15 is 0 Å². The van der Waals surface area contributed by atoms with Crippen LogP contribution < -0.4 is 5.63 Å². The Morgan fingerprint density at radius 2 is 1.14 bits per heavy atom. The van der Waals surface area contributed by atoms with Gasteiger partial charge in [0.25, 0.3) is 0 Å². The molecular weight excluding hydrogens is 434 g/mol. The average Bonchev–Trinajstić information content (AvgIpc) is 3.43. The van der Waals surface area contributed by atoms with Gasteiger partial charge in [-0.25, -0.2) is 4.79 Å². The van der Waals surface area contributed by atoms with Gasteiger partial charge < -0.3 is 13.4 Å². The van der Waals surface area contributed by atoms with E-state index in [1.807, 2.05) is 54.6 Å². The number of hydrogen-bond acceptors (Lipinski definition) is 3. The zero-order chi connectivity index (χ0) is 23.1. The van der Waals surface area contributed by atoms with Crippen molar-refractivity contribution in [2.75, 3.05) is 0 Å². The summed E-state index contributed by atoms with van der Waals surface area (Å²) >= 11 is 0. The predicted molar refractivity (Wildman–Crippen MR) is 142 cm³/mol. The minimum absolute atomic E-state index is 0.318. The van der Waals surface area contributed by atoms with Gasteiger partial charge in [-0.05, 0) is 47.9 Å². The topological polar surface area (TPSA) is 48.3 Å². The highest BCUT2D eigenvalue weighted by Crippen LogP contribution is 2.38. The number of fused-ring (bicyclic) bond motifs is 9. The number of nitrogens with zero attached hydrogens (tertiary/aromatic N) is 1. The lowest BCUT2D eigenvalue weighted by Crippen LogP contribution is -1.99. The van der Waals surface area contributed by atoms with Crippen LogP contribution in [-0.2, 0) is 0 Å². The maximum Gasteiger partial charge on any atom is 0.344 e. The van der Waals surface area contributed by atoms with E-state index in [1.54, 1.807) is 0 Å². The highest BCUT2D eigenvalue weighted by molar-refractivity contribution is 6.17. The van der Waals surface area contributed by atoms with Crippen LogP contribution in [0.4, 0.5) is 0 Å². The van der Waals surface area contributed by atoms with Crippen molar-refractivity contribution in [2.45, 2.75) is 0 Å². The van der Waals surface area contributed by atoms with Gasteiger partial charge in [-0.15, -0.1) is 0 Å². The Kier molecular flexibility index (Phi) is 3.51. The second kappa shape index (κ2) is 6.61. The van der Waals surface area contributed by atoms with Gasteiger partial charge in [-0.1, -0.05) is 54.6 Å². The van der Waals surface area contributed by atoms with Crippen molar-refractivity contribution in [2.24, 2.45) is 0 Å². The van der Waals surface area contributed by atoms with E-state index in [2.05, 4.69) is 53.1 Å². The summed E-state index contributed by atoms with van der Waals surface area (Å²) in [6.07, 6.45) is 0. The van der Waals surface area contributed by atoms with E-state index in [4.69, 9.17) is 8.83 Å². The first-order valence-electron chi connectivity index (χ1n) is 11.6. The van der Waals surface area contributed by atoms with Gasteiger partial charge in [0.1, 0.15) is 16.7 Å². The molecule has 4 nitrogen and oxygen atoms in total. The normalized spacial score (nSPS) is 12.1. The molecule has 164 valence electrons. The Labute approximate surface area is 198 Å². The summed E-state index contributed by atoms with van der Waals surface area (Å²) in [5.41, 5.74) is 5.11. The molecule has 0 saturated heterocycles. The third-order valence-corrected chi connectivity index (χ3v) is 7.03. The number of aromatic nitrogens is 1. The van der Waals surface area contributed by atoms with Gasteiger partial charge in [0, 0.05) is 38.7 Å². The third kappa shape index (κ3) is 2.48. The molecule has 8 rings (SSSR count). The molecule has 3 aromatic heterocycles. The largest absolute Gasteiger partial charge is 0.456 e. The molecule has 0 saturated carbocycles. The summed E-state index contributed by atoms with van der Waals surface area (Å²) in [5, 5.41) is 6.87. The molecule has 0 aliphatic carbocycles. The number of para-hydroxylation sites is 2. The lowest BCUT2D eigenvalue weighted by molar-refractivity contribution is 0.570. The molecule has 0 N–H and O–H groups in total. The van der Waals surface area contributed by atoms with Gasteiger partial charge in [-0.3, -0.25) is 0 Å². The first-order valence-corrected chi connectivity index (χ1v) is 11.6. The summed E-state index contributed by atoms with van der Waals surface area (Å²) in [6.45, 7) is 0. The van der Waals surface area contributed by atoms with Crippen molar-refractivity contribution >= 4 is 65.5 Å². The second-order valence-electron chi connectivity index (χ2n) is 8.93. The van der Waals surface area contributed by atoms with Gasteiger partial charge in [0.05, 0.1) is 16.4 Å². The molecular formula is C31H17NO3. The Bertz CT molecular complexity index is 2190. The summed E-state index contributed by atoms with van der Waals surface area (Å²) in [7, 11) is 0. The molecule has 35 heavy (non-hydrogen) atoms. The van der Waals surface area contributed by atoms with Crippen molar-refractivity contribution in [3.8, 4) is 5.69 Å². The fraction of sp³-hybridized carbons (Fsp3) is 0. The molecule has 0 bridgehead atoms. The minimum Gasteiger partial charge on any atom is -0.456 e. The van der Waals surface area contributed by atoms with E-state index in [-0.39, 0.29) is 5.63 Å². The van der Waals surface area contributed by atoms with Crippen LogP contribution in [0.1, 0.15) is 0 Å². The van der Waals surface area contributed by atoms with E-state index in [9.17, 15) is 4.79 Å². The molecule has 5 aromatic carbocycles. The summed E-state index contributed by atoms with van der Waals surface area (Å²) < 4.78 is 14.1. The number of benzene rings is 5. The maximum atomic E-state index is 12.7. The monoisotopic (exact) mass is 451 g/mol. The van der Waals surface area contributed by atoms with Crippen LogP contribution in [0.2, 0.25) is 0 Å². The number of furan rings is 1. The molecule has 3 heterocycles.